The van der Waals surface area contributed by atoms with Crippen molar-refractivity contribution in [1.82, 2.24) is 0 Å². The van der Waals surface area contributed by atoms with Crippen molar-refractivity contribution in [3.8, 4) is 0 Å². The van der Waals surface area contributed by atoms with Gasteiger partial charge >= 0.3 is 17.9 Å². The number of ether oxygens (including phenoxy) is 1. The summed E-state index contributed by atoms with van der Waals surface area (Å²) in [4.78, 5) is 31.3. The van der Waals surface area contributed by atoms with Crippen molar-refractivity contribution in [3.05, 3.63) is 0 Å². The molecule has 0 rings (SSSR count). The highest BCUT2D eigenvalue weighted by atomic mass is 16.5. The van der Waals surface area contributed by atoms with E-state index < -0.39 is 36.5 Å². The standard InChI is InChI=1S/C8H12O7/c1-2-4(7(11)12)15-5(8(13)14)3-6(9)10/h4-5H,2-3H2,1H3,(H,9,10)(H,11,12)(H,13,14). The lowest BCUT2D eigenvalue weighted by Crippen LogP contribution is -2.35. The van der Waals surface area contributed by atoms with Gasteiger partial charge < -0.3 is 20.1 Å². The first-order valence-electron chi connectivity index (χ1n) is 4.21. The molecule has 0 aromatic carbocycles. The van der Waals surface area contributed by atoms with Gasteiger partial charge in [-0.1, -0.05) is 6.92 Å². The molecule has 2 unspecified atom stereocenters. The molecule has 0 aliphatic heterocycles. The molecule has 0 aromatic heterocycles. The van der Waals surface area contributed by atoms with Crippen LogP contribution in [0.2, 0.25) is 0 Å². The van der Waals surface area contributed by atoms with E-state index in [1.807, 2.05) is 0 Å². The molecule has 7 nitrogen and oxygen atoms in total. The quantitative estimate of drug-likeness (QED) is 0.542. The fraction of sp³-hybridized carbons (Fsp3) is 0.625. The average Bonchev–Trinajstić information content (AvgIpc) is 2.10. The Bertz CT molecular complexity index is 260. The molecular weight excluding hydrogens is 208 g/mol. The van der Waals surface area contributed by atoms with Gasteiger partial charge in [-0.3, -0.25) is 4.79 Å². The lowest BCUT2D eigenvalue weighted by molar-refractivity contribution is -0.169. The van der Waals surface area contributed by atoms with E-state index in [1.54, 1.807) is 0 Å². The highest BCUT2D eigenvalue weighted by Gasteiger charge is 2.28. The normalized spacial score (nSPS) is 14.2. The van der Waals surface area contributed by atoms with Crippen molar-refractivity contribution in [1.29, 1.82) is 0 Å². The fourth-order valence-electron chi connectivity index (χ4n) is 0.880. The Morgan fingerprint density at radius 3 is 1.80 bits per heavy atom. The van der Waals surface area contributed by atoms with E-state index >= 15 is 0 Å². The molecule has 15 heavy (non-hydrogen) atoms. The molecular formula is C8H12O7. The van der Waals surface area contributed by atoms with Crippen molar-refractivity contribution in [2.45, 2.75) is 32.0 Å². The molecule has 0 aliphatic rings. The summed E-state index contributed by atoms with van der Waals surface area (Å²) in [7, 11) is 0. The minimum Gasteiger partial charge on any atom is -0.481 e. The zero-order chi connectivity index (χ0) is 12.0. The topological polar surface area (TPSA) is 121 Å². The zero-order valence-corrected chi connectivity index (χ0v) is 8.04. The number of carboxylic acid groups (broad SMARTS) is 3. The smallest absolute Gasteiger partial charge is 0.333 e. The van der Waals surface area contributed by atoms with Crippen LogP contribution in [0.15, 0.2) is 0 Å². The summed E-state index contributed by atoms with van der Waals surface area (Å²) in [5.41, 5.74) is 0. The van der Waals surface area contributed by atoms with Crippen LogP contribution in [0, 0.1) is 0 Å². The highest BCUT2D eigenvalue weighted by Crippen LogP contribution is 2.07. The molecule has 86 valence electrons. The lowest BCUT2D eigenvalue weighted by Gasteiger charge is -2.16. The molecule has 0 amide bonds. The minimum atomic E-state index is -1.64. The number of hydrogen-bond donors (Lipinski definition) is 3. The molecule has 7 heteroatoms. The van der Waals surface area contributed by atoms with Crippen molar-refractivity contribution < 1.29 is 34.4 Å². The molecule has 2 atom stereocenters. The highest BCUT2D eigenvalue weighted by molar-refractivity contribution is 5.80. The van der Waals surface area contributed by atoms with E-state index in [2.05, 4.69) is 4.74 Å². The third-order valence-electron chi connectivity index (χ3n) is 1.61. The Morgan fingerprint density at radius 1 is 1.07 bits per heavy atom. The van der Waals surface area contributed by atoms with Crippen LogP contribution in [0.3, 0.4) is 0 Å². The molecule has 0 spiro atoms. The van der Waals surface area contributed by atoms with Crippen LogP contribution >= 0.6 is 0 Å². The third kappa shape index (κ3) is 4.96. The monoisotopic (exact) mass is 220 g/mol. The first kappa shape index (κ1) is 13.4. The summed E-state index contributed by atoms with van der Waals surface area (Å²) in [6.07, 6.45) is -3.63. The van der Waals surface area contributed by atoms with Gasteiger partial charge in [0.25, 0.3) is 0 Å². The first-order valence-corrected chi connectivity index (χ1v) is 4.21. The Labute approximate surface area is 85.3 Å². The van der Waals surface area contributed by atoms with Crippen LogP contribution in [0.25, 0.3) is 0 Å². The largest absolute Gasteiger partial charge is 0.481 e. The van der Waals surface area contributed by atoms with Crippen molar-refractivity contribution in [2.24, 2.45) is 0 Å². The molecule has 0 saturated carbocycles. The average molecular weight is 220 g/mol. The predicted molar refractivity (Wildman–Crippen MR) is 46.5 cm³/mol. The molecule has 0 fully saturated rings. The summed E-state index contributed by atoms with van der Waals surface area (Å²) < 4.78 is 4.65. The van der Waals surface area contributed by atoms with Crippen LogP contribution in [0.4, 0.5) is 0 Å². The zero-order valence-electron chi connectivity index (χ0n) is 8.04. The summed E-state index contributed by atoms with van der Waals surface area (Å²) in [6.45, 7) is 1.50. The van der Waals surface area contributed by atoms with Crippen molar-refractivity contribution >= 4 is 17.9 Å². The Kier molecular flexibility index (Phi) is 5.32. The van der Waals surface area contributed by atoms with Crippen LogP contribution < -0.4 is 0 Å². The Morgan fingerprint density at radius 2 is 1.53 bits per heavy atom. The van der Waals surface area contributed by atoms with Gasteiger partial charge in [-0.25, -0.2) is 9.59 Å². The fourth-order valence-corrected chi connectivity index (χ4v) is 0.880. The van der Waals surface area contributed by atoms with Gasteiger partial charge in [0.05, 0.1) is 6.42 Å². The molecule has 0 bridgehead atoms. The number of carboxylic acids is 3. The van der Waals surface area contributed by atoms with Crippen LogP contribution in [-0.4, -0.2) is 45.4 Å². The summed E-state index contributed by atoms with van der Waals surface area (Å²) in [5, 5.41) is 25.5. The van der Waals surface area contributed by atoms with Crippen LogP contribution in [0.1, 0.15) is 19.8 Å². The molecule has 0 aliphatic carbocycles. The number of hydrogen-bond acceptors (Lipinski definition) is 4. The second-order valence-corrected chi connectivity index (χ2v) is 2.80. The van der Waals surface area contributed by atoms with Gasteiger partial charge in [-0.2, -0.15) is 0 Å². The second-order valence-electron chi connectivity index (χ2n) is 2.80. The Hall–Kier alpha value is -1.63. The van der Waals surface area contributed by atoms with Gasteiger partial charge in [-0.15, -0.1) is 0 Å². The van der Waals surface area contributed by atoms with Gasteiger partial charge in [0.15, 0.2) is 12.2 Å². The third-order valence-corrected chi connectivity index (χ3v) is 1.61. The molecule has 0 saturated heterocycles. The lowest BCUT2D eigenvalue weighted by atomic mass is 10.2. The summed E-state index contributed by atoms with van der Waals surface area (Å²) in [6, 6.07) is 0. The molecule has 3 N–H and O–H groups in total. The van der Waals surface area contributed by atoms with Gasteiger partial charge in [0, 0.05) is 0 Å². The van der Waals surface area contributed by atoms with Gasteiger partial charge in [-0.05, 0) is 6.42 Å². The maximum Gasteiger partial charge on any atom is 0.333 e. The minimum absolute atomic E-state index is 0.0682. The van der Waals surface area contributed by atoms with Crippen LogP contribution in [-0.2, 0) is 19.1 Å². The summed E-state index contributed by atoms with van der Waals surface area (Å²) in [5.74, 6) is -4.16. The van der Waals surface area contributed by atoms with Gasteiger partial charge in [0.1, 0.15) is 0 Å². The van der Waals surface area contributed by atoms with E-state index in [0.717, 1.165) is 0 Å². The summed E-state index contributed by atoms with van der Waals surface area (Å²) >= 11 is 0. The maximum atomic E-state index is 10.5. The number of rotatable bonds is 7. The predicted octanol–water partition coefficient (Wildman–Crippen LogP) is -0.206. The van der Waals surface area contributed by atoms with E-state index in [9.17, 15) is 14.4 Å². The van der Waals surface area contributed by atoms with Gasteiger partial charge in [0.2, 0.25) is 0 Å². The molecule has 0 aromatic rings. The maximum absolute atomic E-state index is 10.5. The Balaban J connectivity index is 4.45. The second kappa shape index (κ2) is 5.97. The molecule has 0 heterocycles. The number of aliphatic carboxylic acids is 3. The first-order chi connectivity index (χ1) is 6.88. The molecule has 0 radical (unpaired) electrons. The SMILES string of the molecule is CCC(OC(CC(=O)O)C(=O)O)C(=O)O. The van der Waals surface area contributed by atoms with E-state index in [1.165, 1.54) is 6.92 Å². The number of carbonyl (C=O) groups is 3. The van der Waals surface area contributed by atoms with E-state index in [0.29, 0.717) is 0 Å². The van der Waals surface area contributed by atoms with Crippen LogP contribution in [0.5, 0.6) is 0 Å². The van der Waals surface area contributed by atoms with Crippen molar-refractivity contribution in [2.75, 3.05) is 0 Å². The van der Waals surface area contributed by atoms with E-state index in [4.69, 9.17) is 15.3 Å². The van der Waals surface area contributed by atoms with Crippen molar-refractivity contribution in [3.63, 3.8) is 0 Å². The van der Waals surface area contributed by atoms with E-state index in [-0.39, 0.29) is 6.42 Å².